The zero-order chi connectivity index (χ0) is 33.2. The van der Waals surface area contributed by atoms with Gasteiger partial charge in [-0.25, -0.2) is 0 Å². The highest BCUT2D eigenvalue weighted by atomic mass is 32.2. The number of nitro groups is 1. The third-order valence-corrected chi connectivity index (χ3v) is 9.41. The van der Waals surface area contributed by atoms with E-state index in [1.807, 2.05) is 53.4 Å². The average Bonchev–Trinajstić information content (AvgIpc) is 3.43. The average molecular weight is 652 g/mol. The maximum absolute atomic E-state index is 14.5. The van der Waals surface area contributed by atoms with Crippen LogP contribution in [-0.4, -0.2) is 50.7 Å². The van der Waals surface area contributed by atoms with Gasteiger partial charge in [0.15, 0.2) is 0 Å². The molecule has 0 saturated heterocycles. The van der Waals surface area contributed by atoms with Gasteiger partial charge in [0, 0.05) is 48.1 Å². The predicted molar refractivity (Wildman–Crippen MR) is 188 cm³/mol. The minimum atomic E-state index is -0.874. The quantitative estimate of drug-likeness (QED) is 0.0629. The van der Waals surface area contributed by atoms with Crippen molar-refractivity contribution in [3.8, 4) is 0 Å². The highest BCUT2D eigenvalue weighted by Gasteiger charge is 2.29. The lowest BCUT2D eigenvalue weighted by molar-refractivity contribution is -0.387. The Bertz CT molecular complexity index is 1850. The number of aromatic amines is 1. The maximum Gasteiger partial charge on any atom is 0.283 e. The summed E-state index contributed by atoms with van der Waals surface area (Å²) in [6, 6.07) is 22.9. The van der Waals surface area contributed by atoms with Crippen LogP contribution < -0.4 is 5.32 Å². The Hall–Kier alpha value is -4.70. The molecule has 0 aliphatic heterocycles. The van der Waals surface area contributed by atoms with Crippen molar-refractivity contribution in [3.63, 3.8) is 0 Å². The second-order valence-corrected chi connectivity index (χ2v) is 12.7. The van der Waals surface area contributed by atoms with E-state index in [-0.39, 0.29) is 28.8 Å². The van der Waals surface area contributed by atoms with Crippen LogP contribution in [0, 0.1) is 10.1 Å². The number of para-hydroxylation sites is 3. The largest absolute Gasteiger partial charge is 0.349 e. The van der Waals surface area contributed by atoms with Crippen LogP contribution in [0.5, 0.6) is 0 Å². The van der Waals surface area contributed by atoms with E-state index in [0.29, 0.717) is 28.6 Å². The number of aromatic nitrogens is 2. The van der Waals surface area contributed by atoms with Crippen molar-refractivity contribution >= 4 is 51.1 Å². The summed E-state index contributed by atoms with van der Waals surface area (Å²) < 4.78 is 0. The molecule has 0 radical (unpaired) electrons. The van der Waals surface area contributed by atoms with E-state index in [4.69, 9.17) is 0 Å². The van der Waals surface area contributed by atoms with Crippen LogP contribution in [0.2, 0.25) is 0 Å². The van der Waals surface area contributed by atoms with E-state index in [0.717, 1.165) is 65.9 Å². The number of carbonyl (C=O) groups excluding carboxylic acids is 2. The molecule has 0 spiro atoms. The molecule has 0 saturated carbocycles. The third-order valence-electron chi connectivity index (χ3n) is 8.29. The molecular formula is C37H41N5O4S. The van der Waals surface area contributed by atoms with Crippen molar-refractivity contribution in [1.29, 1.82) is 0 Å². The molecule has 10 heteroatoms. The summed E-state index contributed by atoms with van der Waals surface area (Å²) >= 11 is 1.26. The van der Waals surface area contributed by atoms with Crippen LogP contribution in [0.25, 0.3) is 21.8 Å². The van der Waals surface area contributed by atoms with Crippen molar-refractivity contribution in [2.45, 2.75) is 74.8 Å². The summed E-state index contributed by atoms with van der Waals surface area (Å²) in [7, 11) is 0. The van der Waals surface area contributed by atoms with Gasteiger partial charge in [-0.15, -0.1) is 0 Å². The first kappa shape index (κ1) is 33.7. The molecule has 2 heterocycles. The lowest BCUT2D eigenvalue weighted by Crippen LogP contribution is -2.50. The maximum atomic E-state index is 14.5. The van der Waals surface area contributed by atoms with Gasteiger partial charge in [-0.3, -0.25) is 24.7 Å². The van der Waals surface area contributed by atoms with Gasteiger partial charge in [0.05, 0.1) is 25.9 Å². The summed E-state index contributed by atoms with van der Waals surface area (Å²) in [5.74, 6) is -0.511. The van der Waals surface area contributed by atoms with E-state index in [9.17, 15) is 19.7 Å². The van der Waals surface area contributed by atoms with Gasteiger partial charge in [0.1, 0.15) is 6.04 Å². The van der Waals surface area contributed by atoms with Crippen molar-refractivity contribution in [1.82, 2.24) is 20.2 Å². The van der Waals surface area contributed by atoms with Crippen molar-refractivity contribution < 1.29 is 14.5 Å². The first-order valence-electron chi connectivity index (χ1n) is 16.3. The summed E-state index contributed by atoms with van der Waals surface area (Å²) in [5, 5.41) is 17.4. The van der Waals surface area contributed by atoms with E-state index in [1.165, 1.54) is 17.8 Å². The Labute approximate surface area is 279 Å². The first-order valence-corrected chi connectivity index (χ1v) is 17.2. The van der Waals surface area contributed by atoms with E-state index in [2.05, 4.69) is 29.1 Å². The molecule has 9 nitrogen and oxygen atoms in total. The number of carbonyl (C=O) groups is 2. The van der Waals surface area contributed by atoms with Crippen LogP contribution >= 0.6 is 11.8 Å². The Balaban J connectivity index is 1.53. The molecule has 0 bridgehead atoms. The molecule has 2 aromatic heterocycles. The molecule has 3 aromatic carbocycles. The van der Waals surface area contributed by atoms with E-state index < -0.39 is 6.04 Å². The second-order valence-electron chi connectivity index (χ2n) is 11.7. The summed E-state index contributed by atoms with van der Waals surface area (Å²) in [5.41, 5.74) is 2.83. The normalized spacial score (nSPS) is 11.9. The Kier molecular flexibility index (Phi) is 11.6. The highest BCUT2D eigenvalue weighted by molar-refractivity contribution is 7.99. The number of nitro benzene ring substituents is 1. The number of unbranched alkanes of at least 4 members (excludes halogenated alkanes) is 4. The fourth-order valence-electron chi connectivity index (χ4n) is 5.77. The number of pyridine rings is 1. The monoisotopic (exact) mass is 651 g/mol. The highest BCUT2D eigenvalue weighted by Crippen LogP contribution is 2.39. The Morgan fingerprint density at radius 3 is 2.36 bits per heavy atom. The van der Waals surface area contributed by atoms with E-state index in [1.54, 1.807) is 30.5 Å². The van der Waals surface area contributed by atoms with Crippen LogP contribution in [0.15, 0.2) is 95.0 Å². The number of amides is 2. The third kappa shape index (κ3) is 8.37. The lowest BCUT2D eigenvalue weighted by atomic mass is 10.0. The minimum absolute atomic E-state index is 0.00450. The molecule has 0 unspecified atom stereocenters. The molecule has 244 valence electrons. The number of hydrogen-bond acceptors (Lipinski definition) is 6. The van der Waals surface area contributed by atoms with Gasteiger partial charge in [0.2, 0.25) is 5.91 Å². The van der Waals surface area contributed by atoms with Crippen molar-refractivity contribution in [2.24, 2.45) is 0 Å². The number of benzene rings is 3. The molecule has 0 aliphatic carbocycles. The van der Waals surface area contributed by atoms with Crippen LogP contribution in [-0.2, 0) is 11.2 Å². The number of hydrogen-bond donors (Lipinski definition) is 2. The molecule has 2 N–H and O–H groups in total. The molecular weight excluding hydrogens is 611 g/mol. The molecule has 0 fully saturated rings. The number of fused-ring (bicyclic) bond motifs is 2. The lowest BCUT2D eigenvalue weighted by Gasteiger charge is -2.28. The molecule has 5 rings (SSSR count). The molecule has 0 aliphatic rings. The Morgan fingerprint density at radius 1 is 0.936 bits per heavy atom. The zero-order valence-electron chi connectivity index (χ0n) is 26.9. The van der Waals surface area contributed by atoms with Crippen LogP contribution in [0.3, 0.4) is 0 Å². The fraction of sp³-hybridized carbons (Fsp3) is 0.324. The van der Waals surface area contributed by atoms with Gasteiger partial charge in [-0.2, -0.15) is 0 Å². The summed E-state index contributed by atoms with van der Waals surface area (Å²) in [4.78, 5) is 50.0. The smallest absolute Gasteiger partial charge is 0.283 e. The molecule has 47 heavy (non-hydrogen) atoms. The van der Waals surface area contributed by atoms with Gasteiger partial charge < -0.3 is 15.2 Å². The predicted octanol–water partition coefficient (Wildman–Crippen LogP) is 8.33. The first-order chi connectivity index (χ1) is 22.9. The summed E-state index contributed by atoms with van der Waals surface area (Å²) in [6.07, 6.45) is 7.61. The van der Waals surface area contributed by atoms with Crippen molar-refractivity contribution in [3.05, 3.63) is 106 Å². The van der Waals surface area contributed by atoms with Gasteiger partial charge in [-0.1, -0.05) is 99.8 Å². The Morgan fingerprint density at radius 2 is 1.62 bits per heavy atom. The topological polar surface area (TPSA) is 121 Å². The van der Waals surface area contributed by atoms with Gasteiger partial charge >= 0.3 is 0 Å². The fourth-order valence-corrected chi connectivity index (χ4v) is 6.86. The number of H-pyrrole nitrogens is 1. The molecule has 5 aromatic rings. The number of rotatable bonds is 16. The van der Waals surface area contributed by atoms with E-state index >= 15 is 0 Å². The number of nitrogens with one attached hydrogen (secondary N) is 2. The van der Waals surface area contributed by atoms with Gasteiger partial charge in [0.25, 0.3) is 11.6 Å². The SMILES string of the molecule is CCCCCN(CCCCC)C(=O)[C@@H](Cc1c(Sc2ccccc2[N+](=O)[O-])[nH]c2ccccc12)NC(=O)c1cnc2ccccc2c1. The standard InChI is InChI=1S/C37H41N5O4S/c1-3-5-13-21-41(22-14-6-4-2)37(44)32(39-35(43)27-23-26-15-7-9-17-30(26)38-25-27)24-29-28-16-8-10-18-31(28)40-36(29)47-34-20-12-11-19-33(34)42(45)46/h7-12,15-20,23,25,32,40H,3-6,13-14,21-22,24H2,1-2H3,(H,39,43)/t32-/m1/s1. The molecule has 1 atom stereocenters. The number of nitrogens with zero attached hydrogens (tertiary/aromatic N) is 3. The zero-order valence-corrected chi connectivity index (χ0v) is 27.7. The van der Waals surface area contributed by atoms with Crippen LogP contribution in [0.1, 0.15) is 68.3 Å². The molecule has 2 amide bonds. The van der Waals surface area contributed by atoms with Crippen LogP contribution in [0.4, 0.5) is 5.69 Å². The van der Waals surface area contributed by atoms with Gasteiger partial charge in [-0.05, 0) is 42.7 Å². The summed E-state index contributed by atoms with van der Waals surface area (Å²) in [6.45, 7) is 5.51. The van der Waals surface area contributed by atoms with Crippen molar-refractivity contribution in [2.75, 3.05) is 13.1 Å². The second kappa shape index (κ2) is 16.2. The minimum Gasteiger partial charge on any atom is -0.349 e.